The zero-order chi connectivity index (χ0) is 14.5. The summed E-state index contributed by atoms with van der Waals surface area (Å²) in [4.78, 5) is 33.5. The van der Waals surface area contributed by atoms with Crippen molar-refractivity contribution in [2.24, 2.45) is 0 Å². The Labute approximate surface area is 121 Å². The van der Waals surface area contributed by atoms with Crippen molar-refractivity contribution in [2.75, 3.05) is 18.5 Å². The van der Waals surface area contributed by atoms with Crippen molar-refractivity contribution in [1.82, 2.24) is 15.3 Å². The van der Waals surface area contributed by atoms with Gasteiger partial charge in [0.1, 0.15) is 0 Å². The second-order valence-electron chi connectivity index (χ2n) is 4.41. The molecule has 106 valence electrons. The lowest BCUT2D eigenvalue weighted by Gasteiger charge is -2.16. The molecular formula is C13H16N4O2S. The molecule has 0 radical (unpaired) electrons. The van der Waals surface area contributed by atoms with Gasteiger partial charge in [-0.05, 0) is 30.3 Å². The molecule has 1 aliphatic heterocycles. The monoisotopic (exact) mass is 292 g/mol. The highest BCUT2D eigenvalue weighted by atomic mass is 32.2. The summed E-state index contributed by atoms with van der Waals surface area (Å²) in [6, 6.07) is 1.71. The molecule has 0 unspecified atom stereocenters. The van der Waals surface area contributed by atoms with Gasteiger partial charge in [0.15, 0.2) is 0 Å². The van der Waals surface area contributed by atoms with Crippen molar-refractivity contribution in [3.05, 3.63) is 22.9 Å². The Hall–Kier alpha value is -1.89. The van der Waals surface area contributed by atoms with Gasteiger partial charge in [0.2, 0.25) is 5.95 Å². The molecule has 2 heterocycles. The molecule has 0 spiro atoms. The van der Waals surface area contributed by atoms with Gasteiger partial charge in [-0.3, -0.25) is 14.9 Å². The number of hydrogen-bond acceptors (Lipinski definition) is 6. The Bertz CT molecular complexity index is 559. The average molecular weight is 292 g/mol. The van der Waals surface area contributed by atoms with Gasteiger partial charge in [0.05, 0.1) is 10.6 Å². The minimum atomic E-state index is -0.375. The predicted octanol–water partition coefficient (Wildman–Crippen LogP) is 2.04. The van der Waals surface area contributed by atoms with E-state index in [1.54, 1.807) is 18.3 Å². The van der Waals surface area contributed by atoms with Crippen LogP contribution in [-0.2, 0) is 4.79 Å². The summed E-state index contributed by atoms with van der Waals surface area (Å²) in [5.74, 6) is 0.238. The van der Waals surface area contributed by atoms with E-state index in [4.69, 9.17) is 0 Å². The molecule has 1 saturated heterocycles. The molecular weight excluding hydrogens is 276 g/mol. The number of aromatic nitrogens is 2. The number of unbranched alkanes of at least 4 members (excludes halogenated alkanes) is 1. The maximum Gasteiger partial charge on any atom is 0.290 e. The Kier molecular flexibility index (Phi) is 4.73. The number of imide groups is 1. The maximum atomic E-state index is 11.5. The fourth-order valence-electron chi connectivity index (χ4n) is 1.68. The van der Waals surface area contributed by atoms with Gasteiger partial charge in [-0.25, -0.2) is 9.97 Å². The minimum Gasteiger partial charge on any atom is -0.344 e. The highest BCUT2D eigenvalue weighted by molar-refractivity contribution is 8.18. The highest BCUT2D eigenvalue weighted by Gasteiger charge is 2.25. The fraction of sp³-hybridized carbons (Fsp3) is 0.385. The first kappa shape index (κ1) is 14.5. The number of rotatable bonds is 5. The van der Waals surface area contributed by atoms with E-state index in [-0.39, 0.29) is 11.1 Å². The number of carbonyl (C=O) groups is 2. The lowest BCUT2D eigenvalue weighted by molar-refractivity contribution is -0.115. The van der Waals surface area contributed by atoms with Crippen molar-refractivity contribution in [3.8, 4) is 0 Å². The molecule has 1 aromatic rings. The van der Waals surface area contributed by atoms with Gasteiger partial charge < -0.3 is 4.90 Å². The zero-order valence-corrected chi connectivity index (χ0v) is 12.2. The maximum absolute atomic E-state index is 11.5. The Morgan fingerprint density at radius 1 is 1.45 bits per heavy atom. The molecule has 2 amide bonds. The molecule has 2 rings (SSSR count). The number of nitrogens with one attached hydrogen (secondary N) is 1. The van der Waals surface area contributed by atoms with Crippen molar-refractivity contribution >= 4 is 34.9 Å². The molecule has 1 aliphatic rings. The Morgan fingerprint density at radius 2 is 2.25 bits per heavy atom. The molecule has 0 atom stereocenters. The summed E-state index contributed by atoms with van der Waals surface area (Å²) >= 11 is 0.884. The first-order valence-corrected chi connectivity index (χ1v) is 7.21. The first-order chi connectivity index (χ1) is 9.60. The van der Waals surface area contributed by atoms with Crippen molar-refractivity contribution in [3.63, 3.8) is 0 Å². The average Bonchev–Trinajstić information content (AvgIpc) is 2.74. The first-order valence-electron chi connectivity index (χ1n) is 6.39. The van der Waals surface area contributed by atoms with Crippen LogP contribution in [0.4, 0.5) is 10.7 Å². The summed E-state index contributed by atoms with van der Waals surface area (Å²) in [5, 5.41) is 1.86. The molecule has 1 fully saturated rings. The quantitative estimate of drug-likeness (QED) is 0.837. The van der Waals surface area contributed by atoms with Gasteiger partial charge in [-0.15, -0.1) is 0 Å². The highest BCUT2D eigenvalue weighted by Crippen LogP contribution is 2.25. The number of thioether (sulfide) groups is 1. The van der Waals surface area contributed by atoms with Crippen molar-refractivity contribution in [2.45, 2.75) is 19.8 Å². The van der Waals surface area contributed by atoms with E-state index < -0.39 is 0 Å². The van der Waals surface area contributed by atoms with E-state index in [9.17, 15) is 9.59 Å². The third-order valence-corrected chi connectivity index (χ3v) is 3.58. The Balaban J connectivity index is 2.16. The Morgan fingerprint density at radius 3 is 2.90 bits per heavy atom. The van der Waals surface area contributed by atoms with Crippen LogP contribution in [0.25, 0.3) is 6.08 Å². The van der Waals surface area contributed by atoms with Crippen molar-refractivity contribution < 1.29 is 9.59 Å². The molecule has 20 heavy (non-hydrogen) atoms. The molecule has 7 heteroatoms. The lowest BCUT2D eigenvalue weighted by atomic mass is 10.3. The number of carbonyl (C=O) groups excluding carboxylic acids is 2. The van der Waals surface area contributed by atoms with E-state index in [0.717, 1.165) is 31.1 Å². The second kappa shape index (κ2) is 6.51. The molecule has 0 aliphatic carbocycles. The molecule has 1 N–H and O–H groups in total. The van der Waals surface area contributed by atoms with Gasteiger partial charge in [-0.1, -0.05) is 13.3 Å². The molecule has 0 aromatic carbocycles. The van der Waals surface area contributed by atoms with Crippen LogP contribution < -0.4 is 10.2 Å². The van der Waals surface area contributed by atoms with Gasteiger partial charge in [0.25, 0.3) is 11.1 Å². The standard InChI is InChI=1S/C13H16N4O2S/c1-3-4-7-17(2)12-14-6-5-9(15-12)8-10-11(18)16-13(19)20-10/h5-6,8H,3-4,7H2,1-2H3,(H,16,18,19)/b10-8-. The van der Waals surface area contributed by atoms with Gasteiger partial charge in [0, 0.05) is 19.8 Å². The van der Waals surface area contributed by atoms with Crippen LogP contribution in [-0.4, -0.2) is 34.7 Å². The van der Waals surface area contributed by atoms with E-state index in [1.165, 1.54) is 0 Å². The van der Waals surface area contributed by atoms with E-state index in [2.05, 4.69) is 22.2 Å². The van der Waals surface area contributed by atoms with Crippen LogP contribution in [0.3, 0.4) is 0 Å². The zero-order valence-electron chi connectivity index (χ0n) is 11.4. The number of anilines is 1. The molecule has 6 nitrogen and oxygen atoms in total. The van der Waals surface area contributed by atoms with Crippen LogP contribution in [0.15, 0.2) is 17.2 Å². The van der Waals surface area contributed by atoms with E-state index in [0.29, 0.717) is 16.5 Å². The summed E-state index contributed by atoms with van der Waals surface area (Å²) < 4.78 is 0. The summed E-state index contributed by atoms with van der Waals surface area (Å²) in [6.07, 6.45) is 5.42. The van der Waals surface area contributed by atoms with E-state index >= 15 is 0 Å². The van der Waals surface area contributed by atoms with Crippen molar-refractivity contribution in [1.29, 1.82) is 0 Å². The van der Waals surface area contributed by atoms with Gasteiger partial charge >= 0.3 is 0 Å². The van der Waals surface area contributed by atoms with Gasteiger partial charge in [-0.2, -0.15) is 0 Å². The predicted molar refractivity (Wildman–Crippen MR) is 79.3 cm³/mol. The number of amides is 2. The topological polar surface area (TPSA) is 75.2 Å². The molecule has 0 saturated carbocycles. The fourth-order valence-corrected chi connectivity index (χ4v) is 2.34. The normalized spacial score (nSPS) is 16.6. The summed E-state index contributed by atoms with van der Waals surface area (Å²) in [6.45, 7) is 3.01. The number of hydrogen-bond donors (Lipinski definition) is 1. The van der Waals surface area contributed by atoms with Crippen LogP contribution in [0.5, 0.6) is 0 Å². The van der Waals surface area contributed by atoms with Crippen LogP contribution in [0.1, 0.15) is 25.5 Å². The summed E-state index contributed by atoms with van der Waals surface area (Å²) in [7, 11) is 1.93. The number of nitrogens with zero attached hydrogens (tertiary/aromatic N) is 3. The van der Waals surface area contributed by atoms with E-state index in [1.807, 2.05) is 11.9 Å². The lowest BCUT2D eigenvalue weighted by Crippen LogP contribution is -2.21. The minimum absolute atomic E-state index is 0.351. The molecule has 0 bridgehead atoms. The van der Waals surface area contributed by atoms with Crippen LogP contribution >= 0.6 is 11.8 Å². The van der Waals surface area contributed by atoms with Crippen LogP contribution in [0.2, 0.25) is 0 Å². The smallest absolute Gasteiger partial charge is 0.290 e. The third-order valence-electron chi connectivity index (χ3n) is 2.77. The SMILES string of the molecule is CCCCN(C)c1nccc(/C=C2\SC(=O)NC2=O)n1. The second-order valence-corrected chi connectivity index (χ2v) is 5.42. The molecule has 1 aromatic heterocycles. The largest absolute Gasteiger partial charge is 0.344 e. The van der Waals surface area contributed by atoms with Crippen LogP contribution in [0, 0.1) is 0 Å². The third kappa shape index (κ3) is 3.57. The summed E-state index contributed by atoms with van der Waals surface area (Å²) in [5.41, 5.74) is 0.616.